The molecule has 1 saturated carbocycles. The third-order valence-electron chi connectivity index (χ3n) is 6.61. The molecule has 0 radical (unpaired) electrons. The number of urea groups is 1. The van der Waals surface area contributed by atoms with Crippen molar-refractivity contribution in [1.82, 2.24) is 20.3 Å². The number of carbonyl (C=O) groups excluding carboxylic acids is 3. The Labute approximate surface area is 172 Å². The van der Waals surface area contributed by atoms with Crippen LogP contribution in [0.15, 0.2) is 4.52 Å². The fraction of sp³-hybridized carbons (Fsp3) is 0.714. The topological polar surface area (TPSA) is 95.8 Å². The number of hydrogen-bond donors (Lipinski definition) is 1. The predicted molar refractivity (Wildman–Crippen MR) is 107 cm³/mol. The molecular formula is C21H32N4O4. The molecule has 0 unspecified atom stereocenters. The van der Waals surface area contributed by atoms with Crippen LogP contribution in [0.3, 0.4) is 0 Å². The predicted octanol–water partition coefficient (Wildman–Crippen LogP) is 2.78. The molecule has 1 N–H and O–H groups in total. The lowest BCUT2D eigenvalue weighted by atomic mass is 9.67. The summed E-state index contributed by atoms with van der Waals surface area (Å²) in [5.41, 5.74) is 0.908. The number of aromatic nitrogens is 1. The van der Waals surface area contributed by atoms with Gasteiger partial charge in [-0.25, -0.2) is 4.79 Å². The normalized spacial score (nSPS) is 24.9. The Hall–Kier alpha value is -2.38. The summed E-state index contributed by atoms with van der Waals surface area (Å²) in [6.45, 7) is 10.3. The zero-order chi connectivity index (χ0) is 21.6. The number of nitrogens with zero attached hydrogens (tertiary/aromatic N) is 3. The molecule has 2 aliphatic rings. The molecule has 2 heterocycles. The number of hydrogen-bond acceptors (Lipinski definition) is 5. The summed E-state index contributed by atoms with van der Waals surface area (Å²) in [6, 6.07) is -0.469. The zero-order valence-electron chi connectivity index (χ0n) is 18.3. The van der Waals surface area contributed by atoms with E-state index in [1.54, 1.807) is 14.0 Å². The van der Waals surface area contributed by atoms with E-state index < -0.39 is 11.6 Å². The highest BCUT2D eigenvalue weighted by atomic mass is 16.5. The molecular weight excluding hydrogens is 372 g/mol. The van der Waals surface area contributed by atoms with Crippen LogP contribution in [0.1, 0.15) is 63.5 Å². The minimum atomic E-state index is -0.848. The number of carbonyl (C=O) groups is 3. The lowest BCUT2D eigenvalue weighted by Crippen LogP contribution is -2.51. The monoisotopic (exact) mass is 404 g/mol. The van der Waals surface area contributed by atoms with Crippen molar-refractivity contribution in [2.75, 3.05) is 13.6 Å². The number of aryl methyl sites for hydroxylation is 2. The van der Waals surface area contributed by atoms with Crippen LogP contribution in [0.25, 0.3) is 0 Å². The van der Waals surface area contributed by atoms with Gasteiger partial charge in [0.25, 0.3) is 5.91 Å². The van der Waals surface area contributed by atoms with Gasteiger partial charge in [0.15, 0.2) is 0 Å². The lowest BCUT2D eigenvalue weighted by molar-refractivity contribution is -0.139. The van der Waals surface area contributed by atoms with Crippen molar-refractivity contribution >= 4 is 17.8 Å². The summed E-state index contributed by atoms with van der Waals surface area (Å²) < 4.78 is 5.13. The maximum atomic E-state index is 13.1. The molecule has 2 fully saturated rings. The maximum Gasteiger partial charge on any atom is 0.325 e. The van der Waals surface area contributed by atoms with Gasteiger partial charge >= 0.3 is 6.03 Å². The highest BCUT2D eigenvalue weighted by molar-refractivity contribution is 6.09. The Bertz CT molecular complexity index is 796. The SMILES string of the molecule is Cc1noc(C)c1CN(C)C(=O)CN1C(=O)NC2(CCC(C(C)(C)C)CC2)C1=O. The van der Waals surface area contributed by atoms with E-state index in [2.05, 4.69) is 31.2 Å². The molecule has 29 heavy (non-hydrogen) atoms. The molecule has 0 atom stereocenters. The molecule has 1 aliphatic heterocycles. The molecule has 3 rings (SSSR count). The molecule has 1 aromatic rings. The average molecular weight is 405 g/mol. The van der Waals surface area contributed by atoms with Gasteiger partial charge in [0.2, 0.25) is 5.91 Å². The first kappa shape index (κ1) is 21.3. The van der Waals surface area contributed by atoms with Crippen molar-refractivity contribution in [1.29, 1.82) is 0 Å². The molecule has 8 nitrogen and oxygen atoms in total. The van der Waals surface area contributed by atoms with Gasteiger partial charge in [-0.1, -0.05) is 25.9 Å². The van der Waals surface area contributed by atoms with Crippen LogP contribution >= 0.6 is 0 Å². The van der Waals surface area contributed by atoms with Gasteiger partial charge in [0.05, 0.1) is 12.2 Å². The number of rotatable bonds is 4. The Morgan fingerprint density at radius 1 is 1.28 bits per heavy atom. The largest absolute Gasteiger partial charge is 0.361 e. The van der Waals surface area contributed by atoms with E-state index in [0.29, 0.717) is 31.1 Å². The summed E-state index contributed by atoms with van der Waals surface area (Å²) in [4.78, 5) is 40.9. The zero-order valence-corrected chi connectivity index (χ0v) is 18.3. The van der Waals surface area contributed by atoms with Crippen molar-refractivity contribution in [3.8, 4) is 0 Å². The highest BCUT2D eigenvalue weighted by Crippen LogP contribution is 2.43. The summed E-state index contributed by atoms with van der Waals surface area (Å²) in [5, 5.41) is 6.79. The minimum Gasteiger partial charge on any atom is -0.361 e. The van der Waals surface area contributed by atoms with Crippen LogP contribution in [0.2, 0.25) is 0 Å². The highest BCUT2D eigenvalue weighted by Gasteiger charge is 2.53. The molecule has 0 bridgehead atoms. The molecule has 160 valence electrons. The van der Waals surface area contributed by atoms with E-state index in [0.717, 1.165) is 29.0 Å². The first-order chi connectivity index (χ1) is 13.4. The lowest BCUT2D eigenvalue weighted by Gasteiger charge is -2.40. The molecule has 8 heteroatoms. The van der Waals surface area contributed by atoms with Gasteiger partial charge in [-0.15, -0.1) is 0 Å². The fourth-order valence-corrected chi connectivity index (χ4v) is 4.44. The number of nitrogens with one attached hydrogen (secondary N) is 1. The van der Waals surface area contributed by atoms with Crippen LogP contribution in [-0.2, 0) is 16.1 Å². The second-order valence-corrected chi connectivity index (χ2v) is 9.60. The number of imide groups is 1. The van der Waals surface area contributed by atoms with Gasteiger partial charge < -0.3 is 14.7 Å². The first-order valence-corrected chi connectivity index (χ1v) is 10.2. The van der Waals surface area contributed by atoms with Crippen LogP contribution in [0.4, 0.5) is 4.79 Å². The van der Waals surface area contributed by atoms with E-state index in [4.69, 9.17) is 4.52 Å². The minimum absolute atomic E-state index is 0.184. The van der Waals surface area contributed by atoms with E-state index >= 15 is 0 Å². The van der Waals surface area contributed by atoms with Crippen molar-refractivity contribution in [2.24, 2.45) is 11.3 Å². The Balaban J connectivity index is 1.64. The molecule has 1 aromatic heterocycles. The van der Waals surface area contributed by atoms with Crippen molar-refractivity contribution in [3.63, 3.8) is 0 Å². The maximum absolute atomic E-state index is 13.1. The number of likely N-dealkylation sites (N-methyl/N-ethyl adjacent to an activating group) is 1. The standard InChI is InChI=1S/C21H32N4O4/c1-13-16(14(2)29-23-13)11-24(6)17(26)12-25-18(27)21(22-19(25)28)9-7-15(8-10-21)20(3,4)5/h15H,7-12H2,1-6H3,(H,22,28). The van der Waals surface area contributed by atoms with E-state index in [9.17, 15) is 14.4 Å². The van der Waals surface area contributed by atoms with Crippen molar-refractivity contribution in [3.05, 3.63) is 17.0 Å². The summed E-state index contributed by atoms with van der Waals surface area (Å²) in [6.07, 6.45) is 3.03. The Morgan fingerprint density at radius 3 is 2.41 bits per heavy atom. The number of amides is 4. The Kier molecular flexibility index (Phi) is 5.49. The van der Waals surface area contributed by atoms with Gasteiger partial charge in [0.1, 0.15) is 17.8 Å². The summed E-state index contributed by atoms with van der Waals surface area (Å²) in [5.74, 6) is 0.615. The molecule has 1 aliphatic carbocycles. The van der Waals surface area contributed by atoms with E-state index in [1.807, 2.05) is 6.92 Å². The average Bonchev–Trinajstić information content (AvgIpc) is 3.07. The van der Waals surface area contributed by atoms with Gasteiger partial charge in [-0.3, -0.25) is 14.5 Å². The van der Waals surface area contributed by atoms with E-state index in [-0.39, 0.29) is 23.8 Å². The van der Waals surface area contributed by atoms with Gasteiger partial charge in [-0.05, 0) is 50.9 Å². The van der Waals surface area contributed by atoms with Crippen LogP contribution in [-0.4, -0.2) is 51.9 Å². The Morgan fingerprint density at radius 2 is 1.90 bits per heavy atom. The molecule has 1 saturated heterocycles. The quantitative estimate of drug-likeness (QED) is 0.779. The van der Waals surface area contributed by atoms with Crippen molar-refractivity contribution in [2.45, 2.75) is 72.4 Å². The smallest absolute Gasteiger partial charge is 0.325 e. The second-order valence-electron chi connectivity index (χ2n) is 9.60. The molecule has 1 spiro atoms. The third kappa shape index (κ3) is 4.02. The molecule has 0 aromatic carbocycles. The fourth-order valence-electron chi connectivity index (χ4n) is 4.44. The van der Waals surface area contributed by atoms with Gasteiger partial charge in [-0.2, -0.15) is 0 Å². The summed E-state index contributed by atoms with van der Waals surface area (Å²) >= 11 is 0. The first-order valence-electron chi connectivity index (χ1n) is 10.2. The van der Waals surface area contributed by atoms with Crippen molar-refractivity contribution < 1.29 is 18.9 Å². The molecule has 4 amide bonds. The third-order valence-corrected chi connectivity index (χ3v) is 6.61. The van der Waals surface area contributed by atoms with Crippen LogP contribution in [0.5, 0.6) is 0 Å². The van der Waals surface area contributed by atoms with Crippen LogP contribution in [0, 0.1) is 25.2 Å². The van der Waals surface area contributed by atoms with Gasteiger partial charge in [0, 0.05) is 12.6 Å². The van der Waals surface area contributed by atoms with Crippen LogP contribution < -0.4 is 5.32 Å². The van der Waals surface area contributed by atoms with E-state index in [1.165, 1.54) is 4.90 Å². The summed E-state index contributed by atoms with van der Waals surface area (Å²) in [7, 11) is 1.65. The second kappa shape index (κ2) is 7.46.